The van der Waals surface area contributed by atoms with Crippen molar-refractivity contribution in [3.63, 3.8) is 0 Å². The van der Waals surface area contributed by atoms with Crippen LogP contribution in [0.4, 0.5) is 0 Å². The second-order valence-electron chi connectivity index (χ2n) is 9.19. The summed E-state index contributed by atoms with van der Waals surface area (Å²) in [6.45, 7) is 0.363. The molecule has 0 aliphatic carbocycles. The maximum absolute atomic E-state index is 13.6. The minimum atomic E-state index is -3.27. The molecule has 1 saturated heterocycles. The first-order valence-electron chi connectivity index (χ1n) is 11.8. The highest BCUT2D eigenvalue weighted by molar-refractivity contribution is 7.91. The van der Waals surface area contributed by atoms with Crippen molar-refractivity contribution in [3.05, 3.63) is 112 Å². The summed E-state index contributed by atoms with van der Waals surface area (Å²) in [6, 6.07) is 22.5. The first-order chi connectivity index (χ1) is 17.4. The first-order valence-corrected chi connectivity index (χ1v) is 13.6. The topological polar surface area (TPSA) is 93.9 Å². The van der Waals surface area contributed by atoms with E-state index in [1.165, 1.54) is 4.90 Å². The molecule has 6 rings (SSSR count). The van der Waals surface area contributed by atoms with E-state index in [1.54, 1.807) is 30.3 Å². The predicted molar refractivity (Wildman–Crippen MR) is 135 cm³/mol. The molecule has 1 fully saturated rings. The number of hydrogen-bond acceptors (Lipinski definition) is 6. The summed E-state index contributed by atoms with van der Waals surface area (Å²) in [6.07, 6.45) is 0.316. The van der Waals surface area contributed by atoms with Crippen LogP contribution >= 0.6 is 0 Å². The Bertz CT molecular complexity index is 1640. The van der Waals surface area contributed by atoms with Crippen LogP contribution in [0, 0.1) is 0 Å². The van der Waals surface area contributed by atoms with Crippen molar-refractivity contribution >= 4 is 26.7 Å². The standard InChI is InChI=1S/C28H23NO6S/c30-26-22-11-4-5-12-23(22)35-27-24(26)25(29(28(27)31)20-13-14-36(32,33)17-20)19-9-6-10-21(15-19)34-16-18-7-2-1-3-8-18/h1-12,15,20,25H,13-14,16-17H2/t20-,25+/m0/s1. The van der Waals surface area contributed by atoms with Gasteiger partial charge in [0.25, 0.3) is 5.91 Å². The number of carbonyl (C=O) groups excluding carboxylic acids is 1. The van der Waals surface area contributed by atoms with Crippen LogP contribution in [-0.2, 0) is 16.4 Å². The lowest BCUT2D eigenvalue weighted by molar-refractivity contribution is 0.0662. The van der Waals surface area contributed by atoms with Gasteiger partial charge in [-0.15, -0.1) is 0 Å². The summed E-state index contributed by atoms with van der Waals surface area (Å²) in [4.78, 5) is 28.8. The minimum absolute atomic E-state index is 0.00802. The highest BCUT2D eigenvalue weighted by Crippen LogP contribution is 2.42. The summed E-state index contributed by atoms with van der Waals surface area (Å²) in [5, 5.41) is 0.381. The van der Waals surface area contributed by atoms with Crippen LogP contribution in [0.3, 0.4) is 0 Å². The number of amides is 1. The summed E-state index contributed by atoms with van der Waals surface area (Å²) >= 11 is 0. The lowest BCUT2D eigenvalue weighted by Crippen LogP contribution is -2.40. The van der Waals surface area contributed by atoms with Gasteiger partial charge in [0.1, 0.15) is 17.9 Å². The highest BCUT2D eigenvalue weighted by Gasteiger charge is 2.48. The number of carbonyl (C=O) groups is 1. The zero-order chi connectivity index (χ0) is 24.9. The molecule has 8 heteroatoms. The molecule has 3 aromatic carbocycles. The van der Waals surface area contributed by atoms with Gasteiger partial charge in [-0.25, -0.2) is 8.42 Å². The van der Waals surface area contributed by atoms with Crippen molar-refractivity contribution in [2.24, 2.45) is 0 Å². The molecule has 3 heterocycles. The SMILES string of the molecule is O=C1c2oc3ccccc3c(=O)c2[C@@H](c2cccc(OCc3ccccc3)c2)N1[C@H]1CCS(=O)(=O)C1. The molecular weight excluding hydrogens is 478 g/mol. The van der Waals surface area contributed by atoms with E-state index in [1.807, 2.05) is 48.5 Å². The molecule has 0 unspecified atom stereocenters. The third-order valence-electron chi connectivity index (χ3n) is 6.84. The average molecular weight is 502 g/mol. The fraction of sp³-hybridized carbons (Fsp3) is 0.214. The van der Waals surface area contributed by atoms with Gasteiger partial charge in [0.2, 0.25) is 5.76 Å². The van der Waals surface area contributed by atoms with E-state index < -0.39 is 27.8 Å². The molecule has 182 valence electrons. The molecule has 0 N–H and O–H groups in total. The average Bonchev–Trinajstić information content (AvgIpc) is 3.40. The van der Waals surface area contributed by atoms with Crippen LogP contribution < -0.4 is 10.2 Å². The van der Waals surface area contributed by atoms with Crippen molar-refractivity contribution < 1.29 is 22.4 Å². The summed E-state index contributed by atoms with van der Waals surface area (Å²) in [7, 11) is -3.27. The number of benzene rings is 3. The molecule has 2 aliphatic heterocycles. The summed E-state index contributed by atoms with van der Waals surface area (Å²) < 4.78 is 36.6. The van der Waals surface area contributed by atoms with Crippen LogP contribution in [0.5, 0.6) is 5.75 Å². The number of ether oxygens (including phenoxy) is 1. The Labute approximate surface area is 207 Å². The number of rotatable bonds is 5. The molecule has 0 bridgehead atoms. The lowest BCUT2D eigenvalue weighted by atomic mass is 9.97. The van der Waals surface area contributed by atoms with Crippen molar-refractivity contribution in [3.8, 4) is 5.75 Å². The van der Waals surface area contributed by atoms with Crippen LogP contribution in [0.1, 0.15) is 39.7 Å². The molecule has 0 radical (unpaired) electrons. The van der Waals surface area contributed by atoms with E-state index in [4.69, 9.17) is 9.15 Å². The minimum Gasteiger partial charge on any atom is -0.489 e. The van der Waals surface area contributed by atoms with Crippen molar-refractivity contribution in [1.29, 1.82) is 0 Å². The predicted octanol–water partition coefficient (Wildman–Crippen LogP) is 4.10. The summed E-state index contributed by atoms with van der Waals surface area (Å²) in [5.41, 5.74) is 1.95. The Morgan fingerprint density at radius 1 is 0.944 bits per heavy atom. The fourth-order valence-electron chi connectivity index (χ4n) is 5.15. The number of sulfone groups is 1. The van der Waals surface area contributed by atoms with Crippen LogP contribution in [-0.4, -0.2) is 36.8 Å². The van der Waals surface area contributed by atoms with Gasteiger partial charge >= 0.3 is 0 Å². The smallest absolute Gasteiger partial charge is 0.291 e. The van der Waals surface area contributed by atoms with Gasteiger partial charge in [-0.3, -0.25) is 9.59 Å². The van der Waals surface area contributed by atoms with Crippen LogP contribution in [0.25, 0.3) is 11.0 Å². The molecule has 0 saturated carbocycles. The Hall–Kier alpha value is -3.91. The maximum atomic E-state index is 13.6. The van der Waals surface area contributed by atoms with Gasteiger partial charge in [0.05, 0.1) is 28.5 Å². The Morgan fingerprint density at radius 3 is 2.50 bits per heavy atom. The van der Waals surface area contributed by atoms with Gasteiger partial charge < -0.3 is 14.1 Å². The van der Waals surface area contributed by atoms with E-state index in [0.717, 1.165) is 5.56 Å². The number of nitrogens with zero attached hydrogens (tertiary/aromatic N) is 1. The zero-order valence-corrected chi connectivity index (χ0v) is 20.1. The van der Waals surface area contributed by atoms with Gasteiger partial charge in [-0.05, 0) is 41.8 Å². The summed E-state index contributed by atoms with van der Waals surface area (Å²) in [5.74, 6) is -0.0320. The molecule has 2 aliphatic rings. The van der Waals surface area contributed by atoms with Crippen molar-refractivity contribution in [2.45, 2.75) is 25.1 Å². The zero-order valence-electron chi connectivity index (χ0n) is 19.3. The van der Waals surface area contributed by atoms with Crippen LogP contribution in [0.15, 0.2) is 88.1 Å². The lowest BCUT2D eigenvalue weighted by Gasteiger charge is -2.30. The van der Waals surface area contributed by atoms with E-state index in [2.05, 4.69) is 0 Å². The Balaban J connectivity index is 1.46. The van der Waals surface area contributed by atoms with E-state index in [0.29, 0.717) is 35.3 Å². The number of fused-ring (bicyclic) bond motifs is 2. The Kier molecular flexibility index (Phi) is 5.41. The highest BCUT2D eigenvalue weighted by atomic mass is 32.2. The molecule has 1 amide bonds. The van der Waals surface area contributed by atoms with Gasteiger partial charge in [-0.1, -0.05) is 54.6 Å². The largest absolute Gasteiger partial charge is 0.489 e. The van der Waals surface area contributed by atoms with Gasteiger partial charge in [-0.2, -0.15) is 0 Å². The first kappa shape index (κ1) is 22.5. The normalized spacial score (nSPS) is 20.6. The molecule has 1 aromatic heterocycles. The molecule has 2 atom stereocenters. The van der Waals surface area contributed by atoms with E-state index >= 15 is 0 Å². The maximum Gasteiger partial charge on any atom is 0.291 e. The number of para-hydroxylation sites is 1. The van der Waals surface area contributed by atoms with Gasteiger partial charge in [0.15, 0.2) is 15.3 Å². The number of hydrogen-bond donors (Lipinski definition) is 0. The van der Waals surface area contributed by atoms with Gasteiger partial charge in [0, 0.05) is 6.04 Å². The van der Waals surface area contributed by atoms with Crippen molar-refractivity contribution in [1.82, 2.24) is 4.90 Å². The van der Waals surface area contributed by atoms with E-state index in [9.17, 15) is 18.0 Å². The van der Waals surface area contributed by atoms with E-state index in [-0.39, 0.29) is 28.3 Å². The fourth-order valence-corrected chi connectivity index (χ4v) is 6.86. The van der Waals surface area contributed by atoms with Crippen molar-refractivity contribution in [2.75, 3.05) is 11.5 Å². The third-order valence-corrected chi connectivity index (χ3v) is 8.59. The monoisotopic (exact) mass is 501 g/mol. The van der Waals surface area contributed by atoms with Crippen LogP contribution in [0.2, 0.25) is 0 Å². The second-order valence-corrected chi connectivity index (χ2v) is 11.4. The molecule has 4 aromatic rings. The third kappa shape index (κ3) is 3.87. The molecular formula is C28H23NO6S. The quantitative estimate of drug-likeness (QED) is 0.409. The Morgan fingerprint density at radius 2 is 1.72 bits per heavy atom. The molecule has 0 spiro atoms. The molecule has 36 heavy (non-hydrogen) atoms. The molecule has 7 nitrogen and oxygen atoms in total. The second kappa shape index (κ2) is 8.64.